The van der Waals surface area contributed by atoms with Crippen molar-refractivity contribution in [1.29, 1.82) is 0 Å². The number of benzene rings is 1. The normalized spacial score (nSPS) is 14.4. The zero-order valence-electron chi connectivity index (χ0n) is 17.7. The lowest BCUT2D eigenvalue weighted by Gasteiger charge is -2.42. The van der Waals surface area contributed by atoms with Crippen molar-refractivity contribution in [1.82, 2.24) is 29.9 Å². The molecule has 0 atom stereocenters. The van der Waals surface area contributed by atoms with E-state index >= 15 is 0 Å². The van der Waals surface area contributed by atoms with E-state index in [2.05, 4.69) is 50.2 Å². The van der Waals surface area contributed by atoms with E-state index < -0.39 is 0 Å². The minimum Gasteiger partial charge on any atom is -0.345 e. The fourth-order valence-electron chi connectivity index (χ4n) is 3.65. The number of aryl methyl sites for hydroxylation is 1. The number of rotatable bonds is 6. The summed E-state index contributed by atoms with van der Waals surface area (Å²) < 4.78 is 1.78. The first-order valence-electron chi connectivity index (χ1n) is 10.1. The second-order valence-corrected chi connectivity index (χ2v) is 9.15. The minimum absolute atomic E-state index is 0.0190. The number of fused-ring (bicyclic) bond motifs is 1. The number of carbonyl (C=O) groups is 1. The smallest absolute Gasteiger partial charge is 0.186 e. The van der Waals surface area contributed by atoms with E-state index in [0.717, 1.165) is 40.3 Å². The molecule has 1 aliphatic heterocycles. The van der Waals surface area contributed by atoms with E-state index in [1.54, 1.807) is 10.9 Å². The molecule has 1 fully saturated rings. The van der Waals surface area contributed by atoms with Gasteiger partial charge in [-0.25, -0.2) is 4.98 Å². The number of likely N-dealkylation sites (N-methyl/N-ethyl adjacent to an activating group) is 1. The van der Waals surface area contributed by atoms with Gasteiger partial charge in [-0.3, -0.25) is 9.48 Å². The Labute approximate surface area is 184 Å². The van der Waals surface area contributed by atoms with Gasteiger partial charge in [0.05, 0.1) is 34.9 Å². The Morgan fingerprint density at radius 3 is 2.74 bits per heavy atom. The standard InChI is InChI=1S/C22H23N7OS/c1-27(2)18-12-29(13-18)22-23-10-21(31-22)20(30)8-17-7-15-6-14(4-5-19(15)26-25-17)16-9-24-28(3)11-16/h4-7,9-11,18H,8,12-13H2,1-3H3. The second kappa shape index (κ2) is 7.82. The maximum absolute atomic E-state index is 12.8. The van der Waals surface area contributed by atoms with Crippen molar-refractivity contribution < 1.29 is 4.79 Å². The number of nitrogens with zero attached hydrogens (tertiary/aromatic N) is 7. The maximum Gasteiger partial charge on any atom is 0.186 e. The van der Waals surface area contributed by atoms with E-state index in [4.69, 9.17) is 0 Å². The van der Waals surface area contributed by atoms with Crippen LogP contribution in [0.1, 0.15) is 15.4 Å². The van der Waals surface area contributed by atoms with Crippen LogP contribution in [-0.2, 0) is 13.5 Å². The molecular formula is C22H23N7OS. The summed E-state index contributed by atoms with van der Waals surface area (Å²) in [6, 6.07) is 8.51. The molecule has 0 unspecified atom stereocenters. The van der Waals surface area contributed by atoms with Gasteiger partial charge in [0.25, 0.3) is 0 Å². The first-order chi connectivity index (χ1) is 15.0. The van der Waals surface area contributed by atoms with Crippen molar-refractivity contribution in [2.24, 2.45) is 7.05 Å². The molecule has 0 spiro atoms. The number of thiazole rings is 1. The lowest BCUT2D eigenvalue weighted by molar-refractivity contribution is 0.0995. The first-order valence-corrected chi connectivity index (χ1v) is 10.9. The molecule has 0 N–H and O–H groups in total. The summed E-state index contributed by atoms with van der Waals surface area (Å²) in [7, 11) is 6.07. The summed E-state index contributed by atoms with van der Waals surface area (Å²) >= 11 is 1.45. The van der Waals surface area contributed by atoms with Crippen LogP contribution in [0, 0.1) is 0 Å². The molecule has 8 nitrogen and oxygen atoms in total. The molecule has 158 valence electrons. The molecule has 0 radical (unpaired) electrons. The summed E-state index contributed by atoms with van der Waals surface area (Å²) in [5, 5.41) is 14.7. The number of Topliss-reactive ketones (excluding diaryl/α,β-unsaturated/α-hetero) is 1. The van der Waals surface area contributed by atoms with Crippen LogP contribution in [0.5, 0.6) is 0 Å². The Bertz CT molecular complexity index is 1260. The molecule has 1 aliphatic rings. The van der Waals surface area contributed by atoms with Gasteiger partial charge in [-0.2, -0.15) is 15.3 Å². The molecule has 3 aromatic heterocycles. The molecule has 0 saturated carbocycles. The van der Waals surface area contributed by atoms with Gasteiger partial charge >= 0.3 is 0 Å². The van der Waals surface area contributed by atoms with E-state index in [-0.39, 0.29) is 12.2 Å². The minimum atomic E-state index is 0.0190. The van der Waals surface area contributed by atoms with Crippen LogP contribution in [0.2, 0.25) is 0 Å². The van der Waals surface area contributed by atoms with Gasteiger partial charge < -0.3 is 9.80 Å². The Kier molecular flexibility index (Phi) is 4.99. The Balaban J connectivity index is 1.31. The molecular weight excluding hydrogens is 410 g/mol. The highest BCUT2D eigenvalue weighted by molar-refractivity contribution is 7.17. The number of hydrogen-bond acceptors (Lipinski definition) is 8. The Hall–Kier alpha value is -3.17. The second-order valence-electron chi connectivity index (χ2n) is 8.14. The molecule has 1 aromatic carbocycles. The Morgan fingerprint density at radius 1 is 1.16 bits per heavy atom. The number of carbonyl (C=O) groups excluding carboxylic acids is 1. The quantitative estimate of drug-likeness (QED) is 0.433. The van der Waals surface area contributed by atoms with Crippen LogP contribution in [0.25, 0.3) is 22.0 Å². The number of aromatic nitrogens is 5. The summed E-state index contributed by atoms with van der Waals surface area (Å²) in [5.74, 6) is 0.0190. The summed E-state index contributed by atoms with van der Waals surface area (Å²) in [6.45, 7) is 1.90. The van der Waals surface area contributed by atoms with Gasteiger partial charge in [0.15, 0.2) is 10.9 Å². The zero-order valence-corrected chi connectivity index (χ0v) is 18.5. The molecule has 0 bridgehead atoms. The number of hydrogen-bond donors (Lipinski definition) is 0. The van der Waals surface area contributed by atoms with Gasteiger partial charge in [0.2, 0.25) is 0 Å². The van der Waals surface area contributed by atoms with Crippen molar-refractivity contribution in [3.05, 3.63) is 53.4 Å². The molecule has 4 heterocycles. The molecule has 1 saturated heterocycles. The third-order valence-corrected chi connectivity index (χ3v) is 6.75. The third kappa shape index (κ3) is 3.94. The van der Waals surface area contributed by atoms with E-state index in [9.17, 15) is 4.79 Å². The van der Waals surface area contributed by atoms with Crippen LogP contribution in [0.4, 0.5) is 5.13 Å². The first kappa shape index (κ1) is 19.8. The third-order valence-electron chi connectivity index (χ3n) is 5.65. The van der Waals surface area contributed by atoms with Crippen molar-refractivity contribution in [2.75, 3.05) is 32.1 Å². The Morgan fingerprint density at radius 2 is 2.00 bits per heavy atom. The predicted molar refractivity (Wildman–Crippen MR) is 122 cm³/mol. The number of ketones is 1. The van der Waals surface area contributed by atoms with Crippen LogP contribution < -0.4 is 4.90 Å². The summed E-state index contributed by atoms with van der Waals surface area (Å²) in [5.41, 5.74) is 3.56. The van der Waals surface area contributed by atoms with Gasteiger partial charge in [-0.15, -0.1) is 0 Å². The molecule has 5 rings (SSSR count). The monoisotopic (exact) mass is 433 g/mol. The maximum atomic E-state index is 12.8. The highest BCUT2D eigenvalue weighted by Gasteiger charge is 2.30. The van der Waals surface area contributed by atoms with Gasteiger partial charge in [-0.05, 0) is 37.9 Å². The van der Waals surface area contributed by atoms with Crippen molar-refractivity contribution in [3.8, 4) is 11.1 Å². The molecule has 31 heavy (non-hydrogen) atoms. The van der Waals surface area contributed by atoms with E-state index in [1.807, 2.05) is 37.6 Å². The average molecular weight is 434 g/mol. The van der Waals surface area contributed by atoms with Gasteiger partial charge in [0.1, 0.15) is 0 Å². The zero-order chi connectivity index (χ0) is 21.5. The number of anilines is 1. The molecule has 0 amide bonds. The van der Waals surface area contributed by atoms with Crippen LogP contribution in [-0.4, -0.2) is 68.9 Å². The van der Waals surface area contributed by atoms with Crippen molar-refractivity contribution in [3.63, 3.8) is 0 Å². The SMILES string of the molecule is CN(C)C1CN(c2ncc(C(=O)Cc3cc4cc(-c5cnn(C)c5)ccc4nn3)s2)C1. The fraction of sp³-hybridized carbons (Fsp3) is 0.318. The lowest BCUT2D eigenvalue weighted by atomic mass is 10.1. The van der Waals surface area contributed by atoms with Gasteiger partial charge in [0, 0.05) is 43.3 Å². The summed E-state index contributed by atoms with van der Waals surface area (Å²) in [4.78, 5) is 22.4. The van der Waals surface area contributed by atoms with Crippen LogP contribution >= 0.6 is 11.3 Å². The largest absolute Gasteiger partial charge is 0.345 e. The predicted octanol–water partition coefficient (Wildman–Crippen LogP) is 2.66. The highest BCUT2D eigenvalue weighted by Crippen LogP contribution is 2.29. The fourth-order valence-corrected chi connectivity index (χ4v) is 4.53. The van der Waals surface area contributed by atoms with E-state index in [1.165, 1.54) is 11.3 Å². The lowest BCUT2D eigenvalue weighted by Crippen LogP contribution is -2.57. The van der Waals surface area contributed by atoms with E-state index in [0.29, 0.717) is 16.6 Å². The average Bonchev–Trinajstić information content (AvgIpc) is 3.35. The van der Waals surface area contributed by atoms with Crippen molar-refractivity contribution >= 4 is 33.2 Å². The van der Waals surface area contributed by atoms with Crippen LogP contribution in [0.3, 0.4) is 0 Å². The molecule has 9 heteroatoms. The topological polar surface area (TPSA) is 80.0 Å². The van der Waals surface area contributed by atoms with Crippen molar-refractivity contribution in [2.45, 2.75) is 12.5 Å². The molecule has 0 aliphatic carbocycles. The van der Waals surface area contributed by atoms with Gasteiger partial charge in [-0.1, -0.05) is 17.4 Å². The van der Waals surface area contributed by atoms with Crippen LogP contribution in [0.15, 0.2) is 42.9 Å². The summed E-state index contributed by atoms with van der Waals surface area (Å²) in [6.07, 6.45) is 5.70. The highest BCUT2D eigenvalue weighted by atomic mass is 32.1. The molecule has 4 aromatic rings.